The standard InChI is InChI=1S/C20H21N3O6/c1-10(2)9-23-17-16(18(24)22-20(23)27)12(19(25)26)8-13(21-17)11-5-6-14(28-3)15(7-11)29-4/h5-8,10H,9H2,1-4H3,(H,25,26)(H,22,24,27). The second-order valence-electron chi connectivity index (χ2n) is 6.89. The van der Waals surface area contributed by atoms with E-state index in [4.69, 9.17) is 9.47 Å². The monoisotopic (exact) mass is 399 g/mol. The molecular formula is C20H21N3O6. The smallest absolute Gasteiger partial charge is 0.336 e. The number of aromatic amines is 1. The molecule has 0 aliphatic carbocycles. The molecule has 0 saturated heterocycles. The lowest BCUT2D eigenvalue weighted by molar-refractivity contribution is 0.0699. The van der Waals surface area contributed by atoms with E-state index >= 15 is 0 Å². The summed E-state index contributed by atoms with van der Waals surface area (Å²) in [6.07, 6.45) is 0. The summed E-state index contributed by atoms with van der Waals surface area (Å²) in [6.45, 7) is 4.08. The van der Waals surface area contributed by atoms with Crippen LogP contribution in [-0.2, 0) is 6.54 Å². The number of carbonyl (C=O) groups is 1. The number of carboxylic acid groups (broad SMARTS) is 1. The molecule has 0 unspecified atom stereocenters. The van der Waals surface area contributed by atoms with Crippen molar-refractivity contribution in [3.63, 3.8) is 0 Å². The van der Waals surface area contributed by atoms with Crippen molar-refractivity contribution in [2.45, 2.75) is 20.4 Å². The molecule has 0 aliphatic rings. The Bertz CT molecular complexity index is 1210. The molecule has 29 heavy (non-hydrogen) atoms. The molecule has 3 rings (SSSR count). The quantitative estimate of drug-likeness (QED) is 0.651. The summed E-state index contributed by atoms with van der Waals surface area (Å²) in [4.78, 5) is 43.3. The molecule has 0 fully saturated rings. The zero-order valence-corrected chi connectivity index (χ0v) is 16.5. The number of benzene rings is 1. The van der Waals surface area contributed by atoms with Crippen molar-refractivity contribution in [3.05, 3.63) is 50.7 Å². The van der Waals surface area contributed by atoms with E-state index in [1.807, 2.05) is 13.8 Å². The van der Waals surface area contributed by atoms with Gasteiger partial charge < -0.3 is 14.6 Å². The van der Waals surface area contributed by atoms with E-state index in [1.165, 1.54) is 24.9 Å². The van der Waals surface area contributed by atoms with Crippen molar-refractivity contribution < 1.29 is 19.4 Å². The van der Waals surface area contributed by atoms with E-state index in [0.717, 1.165) is 0 Å². The summed E-state index contributed by atoms with van der Waals surface area (Å²) in [6, 6.07) is 6.32. The fourth-order valence-corrected chi connectivity index (χ4v) is 3.12. The van der Waals surface area contributed by atoms with E-state index in [0.29, 0.717) is 22.8 Å². The van der Waals surface area contributed by atoms with Crippen LogP contribution in [0.4, 0.5) is 0 Å². The molecule has 0 saturated carbocycles. The molecule has 2 aromatic heterocycles. The number of hydrogen-bond acceptors (Lipinski definition) is 6. The van der Waals surface area contributed by atoms with Crippen LogP contribution in [0.15, 0.2) is 33.9 Å². The van der Waals surface area contributed by atoms with Gasteiger partial charge in [0.1, 0.15) is 0 Å². The van der Waals surface area contributed by atoms with Crippen molar-refractivity contribution in [2.75, 3.05) is 14.2 Å². The van der Waals surface area contributed by atoms with Gasteiger partial charge >= 0.3 is 11.7 Å². The van der Waals surface area contributed by atoms with Gasteiger partial charge in [0.2, 0.25) is 0 Å². The fraction of sp³-hybridized carbons (Fsp3) is 0.300. The maximum Gasteiger partial charge on any atom is 0.336 e. The van der Waals surface area contributed by atoms with Crippen molar-refractivity contribution >= 4 is 17.0 Å². The summed E-state index contributed by atoms with van der Waals surface area (Å²) in [5.41, 5.74) is -0.789. The zero-order valence-electron chi connectivity index (χ0n) is 16.5. The minimum absolute atomic E-state index is 0.0251. The van der Waals surface area contributed by atoms with Gasteiger partial charge in [0.25, 0.3) is 5.56 Å². The van der Waals surface area contributed by atoms with Crippen LogP contribution >= 0.6 is 0 Å². The first-order valence-corrected chi connectivity index (χ1v) is 8.90. The lowest BCUT2D eigenvalue weighted by atomic mass is 10.1. The molecule has 1 aromatic carbocycles. The van der Waals surface area contributed by atoms with Gasteiger partial charge in [-0.05, 0) is 30.2 Å². The number of ether oxygens (including phenoxy) is 2. The number of H-pyrrole nitrogens is 1. The maximum absolute atomic E-state index is 12.4. The number of rotatable bonds is 6. The van der Waals surface area contributed by atoms with E-state index in [2.05, 4.69) is 9.97 Å². The van der Waals surface area contributed by atoms with Crippen LogP contribution in [0.2, 0.25) is 0 Å². The van der Waals surface area contributed by atoms with Gasteiger partial charge in [-0.15, -0.1) is 0 Å². The molecule has 3 aromatic rings. The Morgan fingerprint density at radius 1 is 1.17 bits per heavy atom. The molecule has 152 valence electrons. The number of nitrogens with zero attached hydrogens (tertiary/aromatic N) is 2. The molecule has 0 aliphatic heterocycles. The zero-order chi connectivity index (χ0) is 21.3. The second kappa shape index (κ2) is 7.78. The SMILES string of the molecule is COc1ccc(-c2cc(C(=O)O)c3c(=O)[nH]c(=O)n(CC(C)C)c3n2)cc1OC. The van der Waals surface area contributed by atoms with Crippen molar-refractivity contribution in [1.82, 2.24) is 14.5 Å². The van der Waals surface area contributed by atoms with Crippen LogP contribution in [-0.4, -0.2) is 39.8 Å². The van der Waals surface area contributed by atoms with Crippen LogP contribution in [0.3, 0.4) is 0 Å². The summed E-state index contributed by atoms with van der Waals surface area (Å²) in [5.74, 6) is -0.279. The Morgan fingerprint density at radius 3 is 2.45 bits per heavy atom. The number of hydrogen-bond donors (Lipinski definition) is 2. The Balaban J connectivity index is 2.40. The van der Waals surface area contributed by atoms with Gasteiger partial charge in [-0.3, -0.25) is 14.3 Å². The molecule has 9 nitrogen and oxygen atoms in total. The third-order valence-corrected chi connectivity index (χ3v) is 4.41. The Hall–Kier alpha value is -3.62. The van der Waals surface area contributed by atoms with Crippen LogP contribution in [0.25, 0.3) is 22.3 Å². The van der Waals surface area contributed by atoms with Gasteiger partial charge in [-0.25, -0.2) is 14.6 Å². The average molecular weight is 399 g/mol. The first kappa shape index (κ1) is 20.1. The predicted octanol–water partition coefficient (Wildman–Crippen LogP) is 2.12. The van der Waals surface area contributed by atoms with Crippen LogP contribution in [0.5, 0.6) is 11.5 Å². The van der Waals surface area contributed by atoms with Crippen LogP contribution < -0.4 is 20.7 Å². The lowest BCUT2D eigenvalue weighted by Gasteiger charge is -2.14. The Morgan fingerprint density at radius 2 is 1.86 bits per heavy atom. The maximum atomic E-state index is 12.4. The van der Waals surface area contributed by atoms with Gasteiger partial charge in [0.05, 0.1) is 30.9 Å². The molecule has 9 heteroatoms. The molecule has 0 amide bonds. The van der Waals surface area contributed by atoms with Crippen LogP contribution in [0, 0.1) is 5.92 Å². The minimum atomic E-state index is -1.29. The third kappa shape index (κ3) is 3.71. The van der Waals surface area contributed by atoms with Crippen molar-refractivity contribution in [2.24, 2.45) is 5.92 Å². The number of nitrogens with one attached hydrogen (secondary N) is 1. The Labute approximate surface area is 165 Å². The minimum Gasteiger partial charge on any atom is -0.493 e. The number of fused-ring (bicyclic) bond motifs is 1. The van der Waals surface area contributed by atoms with E-state index in [1.54, 1.807) is 18.2 Å². The lowest BCUT2D eigenvalue weighted by Crippen LogP contribution is -2.33. The number of methoxy groups -OCH3 is 2. The molecule has 0 spiro atoms. The number of carboxylic acids is 1. The predicted molar refractivity (Wildman–Crippen MR) is 107 cm³/mol. The average Bonchev–Trinajstić information content (AvgIpc) is 2.69. The first-order valence-electron chi connectivity index (χ1n) is 8.90. The van der Waals surface area contributed by atoms with E-state index in [9.17, 15) is 19.5 Å². The molecule has 2 heterocycles. The molecular weight excluding hydrogens is 378 g/mol. The molecule has 0 atom stereocenters. The highest BCUT2D eigenvalue weighted by Gasteiger charge is 2.20. The Kier molecular flexibility index (Phi) is 5.40. The van der Waals surface area contributed by atoms with Gasteiger partial charge in [-0.1, -0.05) is 13.8 Å². The number of aromatic carboxylic acids is 1. The van der Waals surface area contributed by atoms with Gasteiger partial charge in [0, 0.05) is 12.1 Å². The highest BCUT2D eigenvalue weighted by Crippen LogP contribution is 2.32. The first-order chi connectivity index (χ1) is 13.8. The molecule has 0 bridgehead atoms. The summed E-state index contributed by atoms with van der Waals surface area (Å²) < 4.78 is 11.8. The highest BCUT2D eigenvalue weighted by molar-refractivity contribution is 6.02. The van der Waals surface area contributed by atoms with Gasteiger partial charge in [-0.2, -0.15) is 0 Å². The van der Waals surface area contributed by atoms with E-state index in [-0.39, 0.29) is 29.1 Å². The molecule has 2 N–H and O–H groups in total. The summed E-state index contributed by atoms with van der Waals surface area (Å²) in [5, 5.41) is 9.55. The number of pyridine rings is 1. The normalized spacial score (nSPS) is 11.1. The number of aromatic nitrogens is 3. The van der Waals surface area contributed by atoms with Crippen molar-refractivity contribution in [1.29, 1.82) is 0 Å². The second-order valence-corrected chi connectivity index (χ2v) is 6.89. The van der Waals surface area contributed by atoms with E-state index < -0.39 is 17.2 Å². The van der Waals surface area contributed by atoms with Crippen molar-refractivity contribution in [3.8, 4) is 22.8 Å². The highest BCUT2D eigenvalue weighted by atomic mass is 16.5. The van der Waals surface area contributed by atoms with Gasteiger partial charge in [0.15, 0.2) is 17.1 Å². The largest absolute Gasteiger partial charge is 0.493 e. The fourth-order valence-electron chi connectivity index (χ4n) is 3.12. The third-order valence-electron chi connectivity index (χ3n) is 4.41. The summed E-state index contributed by atoms with van der Waals surface area (Å²) in [7, 11) is 2.99. The van der Waals surface area contributed by atoms with Crippen LogP contribution in [0.1, 0.15) is 24.2 Å². The topological polar surface area (TPSA) is 124 Å². The molecule has 0 radical (unpaired) electrons. The summed E-state index contributed by atoms with van der Waals surface area (Å²) >= 11 is 0.